The Morgan fingerprint density at radius 3 is 2.82 bits per heavy atom. The van der Waals surface area contributed by atoms with E-state index in [0.29, 0.717) is 29.9 Å². The molecule has 2 aliphatic rings. The molecule has 2 aromatic rings. The fourth-order valence-electron chi connectivity index (χ4n) is 4.33. The summed E-state index contributed by atoms with van der Waals surface area (Å²) in [5, 5.41) is 3.19. The fraction of sp³-hybridized carbons (Fsp3) is 0.632. The molecule has 1 aromatic carbocycles. The number of nitrogens with one attached hydrogen (secondary N) is 1. The zero-order valence-electron chi connectivity index (χ0n) is 16.0. The highest BCUT2D eigenvalue weighted by Gasteiger charge is 2.35. The third-order valence-corrected chi connectivity index (χ3v) is 8.50. The van der Waals surface area contributed by atoms with Crippen molar-refractivity contribution in [1.29, 1.82) is 0 Å². The molecule has 0 bridgehead atoms. The van der Waals surface area contributed by atoms with E-state index in [0.717, 1.165) is 37.4 Å². The molecule has 2 fully saturated rings. The van der Waals surface area contributed by atoms with Crippen LogP contribution in [0.15, 0.2) is 23.1 Å². The van der Waals surface area contributed by atoms with Crippen LogP contribution in [0.5, 0.6) is 0 Å². The van der Waals surface area contributed by atoms with E-state index in [9.17, 15) is 13.2 Å². The average Bonchev–Trinajstić information content (AvgIpc) is 3.18. The summed E-state index contributed by atoms with van der Waals surface area (Å²) >= 11 is 1.01. The molecule has 7 nitrogen and oxygen atoms in total. The molecule has 1 amide bonds. The van der Waals surface area contributed by atoms with Gasteiger partial charge in [0.15, 0.2) is 0 Å². The number of hydrogen-bond donors (Lipinski definition) is 1. The second kappa shape index (κ2) is 8.04. The van der Waals surface area contributed by atoms with Crippen molar-refractivity contribution in [2.24, 2.45) is 11.8 Å². The maximum absolute atomic E-state index is 13.2. The van der Waals surface area contributed by atoms with Crippen LogP contribution in [0.4, 0.5) is 0 Å². The third kappa shape index (κ3) is 3.79. The number of rotatable bonds is 4. The zero-order chi connectivity index (χ0) is 19.7. The largest absolute Gasteiger partial charge is 0.353 e. The lowest BCUT2D eigenvalue weighted by molar-refractivity contribution is -0.127. The van der Waals surface area contributed by atoms with E-state index in [1.807, 2.05) is 0 Å². The summed E-state index contributed by atoms with van der Waals surface area (Å²) in [5.74, 6) is 0.175. The maximum Gasteiger partial charge on any atom is 0.245 e. The summed E-state index contributed by atoms with van der Waals surface area (Å²) in [4.78, 5) is 13.0. The van der Waals surface area contributed by atoms with Gasteiger partial charge < -0.3 is 5.32 Å². The van der Waals surface area contributed by atoms with Crippen LogP contribution >= 0.6 is 11.7 Å². The van der Waals surface area contributed by atoms with Crippen molar-refractivity contribution in [1.82, 2.24) is 18.4 Å². The Kier molecular flexibility index (Phi) is 5.66. The van der Waals surface area contributed by atoms with E-state index in [2.05, 4.69) is 21.0 Å². The average molecular weight is 423 g/mol. The van der Waals surface area contributed by atoms with Crippen molar-refractivity contribution in [2.75, 3.05) is 13.1 Å². The summed E-state index contributed by atoms with van der Waals surface area (Å²) in [7, 11) is -3.71. The number of piperidine rings is 1. The minimum atomic E-state index is -3.71. The van der Waals surface area contributed by atoms with Crippen molar-refractivity contribution >= 4 is 38.7 Å². The zero-order valence-corrected chi connectivity index (χ0v) is 17.6. The molecular formula is C19H26N4O3S2. The first-order valence-corrected chi connectivity index (χ1v) is 12.2. The Bertz CT molecular complexity index is 959. The molecule has 1 aliphatic carbocycles. The Hall–Kier alpha value is -1.58. The quantitative estimate of drug-likeness (QED) is 0.818. The molecule has 1 aliphatic heterocycles. The van der Waals surface area contributed by atoms with Crippen molar-refractivity contribution in [2.45, 2.75) is 56.4 Å². The van der Waals surface area contributed by atoms with Crippen LogP contribution in [-0.4, -0.2) is 46.5 Å². The first-order chi connectivity index (χ1) is 13.5. The Morgan fingerprint density at radius 1 is 1.18 bits per heavy atom. The summed E-state index contributed by atoms with van der Waals surface area (Å²) in [6.07, 6.45) is 5.93. The third-order valence-electron chi connectivity index (χ3n) is 6.06. The second-order valence-electron chi connectivity index (χ2n) is 7.97. The molecule has 4 rings (SSSR count). The summed E-state index contributed by atoms with van der Waals surface area (Å²) in [6.45, 7) is 2.84. The smallest absolute Gasteiger partial charge is 0.245 e. The van der Waals surface area contributed by atoms with Gasteiger partial charge in [-0.1, -0.05) is 25.8 Å². The van der Waals surface area contributed by atoms with Gasteiger partial charge in [0, 0.05) is 19.1 Å². The molecule has 1 aromatic heterocycles. The monoisotopic (exact) mass is 422 g/mol. The molecule has 1 saturated heterocycles. The number of sulfonamides is 1. The fourth-order valence-corrected chi connectivity index (χ4v) is 6.61. The molecule has 9 heteroatoms. The van der Waals surface area contributed by atoms with Crippen LogP contribution < -0.4 is 5.32 Å². The molecule has 3 atom stereocenters. The first-order valence-electron chi connectivity index (χ1n) is 9.98. The van der Waals surface area contributed by atoms with Crippen LogP contribution in [0.25, 0.3) is 11.0 Å². The highest BCUT2D eigenvalue weighted by molar-refractivity contribution is 7.89. The van der Waals surface area contributed by atoms with Crippen LogP contribution in [-0.2, 0) is 14.8 Å². The van der Waals surface area contributed by atoms with Gasteiger partial charge in [0.2, 0.25) is 15.9 Å². The molecule has 0 radical (unpaired) electrons. The SMILES string of the molecule is C[C@@H]1CCCC[C@H]1NC(=O)[C@H]1CCCN(S(=O)(=O)c2cccc3nsnc23)C1. The van der Waals surface area contributed by atoms with E-state index in [1.165, 1.54) is 10.7 Å². The number of carbonyl (C=O) groups is 1. The van der Waals surface area contributed by atoms with Gasteiger partial charge in [0.1, 0.15) is 15.9 Å². The lowest BCUT2D eigenvalue weighted by Crippen LogP contribution is -2.49. The second-order valence-corrected chi connectivity index (χ2v) is 10.4. The number of carbonyl (C=O) groups excluding carboxylic acids is 1. The van der Waals surface area contributed by atoms with Gasteiger partial charge in [-0.05, 0) is 43.7 Å². The normalized spacial score (nSPS) is 27.0. The number of aromatic nitrogens is 2. The van der Waals surface area contributed by atoms with Crippen molar-refractivity contribution < 1.29 is 13.2 Å². The van der Waals surface area contributed by atoms with Crippen molar-refractivity contribution in [3.05, 3.63) is 18.2 Å². The van der Waals surface area contributed by atoms with E-state index >= 15 is 0 Å². The topological polar surface area (TPSA) is 92.3 Å². The lowest BCUT2D eigenvalue weighted by Gasteiger charge is -2.34. The van der Waals surface area contributed by atoms with E-state index in [4.69, 9.17) is 0 Å². The van der Waals surface area contributed by atoms with Crippen LogP contribution in [0.3, 0.4) is 0 Å². The summed E-state index contributed by atoms with van der Waals surface area (Å²) in [6, 6.07) is 5.24. The standard InChI is InChI=1S/C19H26N4O3S2/c1-13-6-2-3-8-15(13)20-19(24)14-7-5-11-23(12-14)28(25,26)17-10-4-9-16-18(17)22-27-21-16/h4,9-10,13-15H,2-3,5-8,11-12H2,1H3,(H,20,24)/t13-,14+,15-/m1/s1. The van der Waals surface area contributed by atoms with Gasteiger partial charge >= 0.3 is 0 Å². The number of fused-ring (bicyclic) bond motifs is 1. The Balaban J connectivity index is 1.50. The number of amides is 1. The van der Waals surface area contributed by atoms with E-state index < -0.39 is 10.0 Å². The van der Waals surface area contributed by atoms with E-state index in [1.54, 1.807) is 18.2 Å². The summed E-state index contributed by atoms with van der Waals surface area (Å²) < 4.78 is 36.2. The molecule has 28 heavy (non-hydrogen) atoms. The minimum absolute atomic E-state index is 0.00724. The number of benzene rings is 1. The number of hydrogen-bond acceptors (Lipinski definition) is 6. The molecule has 0 unspecified atom stereocenters. The van der Waals surface area contributed by atoms with Gasteiger partial charge in [0.05, 0.1) is 17.6 Å². The molecule has 2 heterocycles. The van der Waals surface area contributed by atoms with Crippen LogP contribution in [0.1, 0.15) is 45.4 Å². The van der Waals surface area contributed by atoms with Gasteiger partial charge in [-0.3, -0.25) is 4.79 Å². The van der Waals surface area contributed by atoms with Gasteiger partial charge in [-0.25, -0.2) is 8.42 Å². The molecular weight excluding hydrogens is 396 g/mol. The maximum atomic E-state index is 13.2. The molecule has 1 N–H and O–H groups in total. The first kappa shape index (κ1) is 19.7. The number of nitrogens with zero attached hydrogens (tertiary/aromatic N) is 3. The van der Waals surface area contributed by atoms with Gasteiger partial charge in [-0.2, -0.15) is 13.1 Å². The van der Waals surface area contributed by atoms with Gasteiger partial charge in [0.25, 0.3) is 0 Å². The van der Waals surface area contributed by atoms with E-state index in [-0.39, 0.29) is 29.3 Å². The van der Waals surface area contributed by atoms with Crippen LogP contribution in [0, 0.1) is 11.8 Å². The Labute approximate surface area is 169 Å². The minimum Gasteiger partial charge on any atom is -0.353 e. The molecule has 152 valence electrons. The Morgan fingerprint density at radius 2 is 2.00 bits per heavy atom. The molecule has 1 saturated carbocycles. The van der Waals surface area contributed by atoms with Crippen LogP contribution in [0.2, 0.25) is 0 Å². The van der Waals surface area contributed by atoms with Crippen molar-refractivity contribution in [3.8, 4) is 0 Å². The lowest BCUT2D eigenvalue weighted by atomic mass is 9.85. The predicted molar refractivity (Wildman–Crippen MR) is 108 cm³/mol. The van der Waals surface area contributed by atoms with Crippen molar-refractivity contribution in [3.63, 3.8) is 0 Å². The predicted octanol–water partition coefficient (Wildman–Crippen LogP) is 2.79. The highest BCUT2D eigenvalue weighted by Crippen LogP contribution is 2.29. The summed E-state index contributed by atoms with van der Waals surface area (Å²) in [5.41, 5.74) is 0.999. The highest BCUT2D eigenvalue weighted by atomic mass is 32.2. The van der Waals surface area contributed by atoms with Gasteiger partial charge in [-0.15, -0.1) is 0 Å². The molecule has 0 spiro atoms.